The molecular formula is C6H15O9P. The van der Waals surface area contributed by atoms with E-state index in [-0.39, 0.29) is 0 Å². The first-order valence-electron chi connectivity index (χ1n) is 4.22. The first kappa shape index (κ1) is 15.9. The Hall–Kier alpha value is -0.0900. The fourth-order valence-electron chi connectivity index (χ4n) is 0.950. The van der Waals surface area contributed by atoms with Crippen LogP contribution in [0.1, 0.15) is 0 Å². The van der Waals surface area contributed by atoms with Gasteiger partial charge in [-0.25, -0.2) is 4.57 Å². The van der Waals surface area contributed by atoms with Crippen LogP contribution in [-0.4, -0.2) is 72.9 Å². The van der Waals surface area contributed by atoms with Crippen molar-refractivity contribution in [3.05, 3.63) is 0 Å². The zero-order valence-corrected chi connectivity index (χ0v) is 9.01. The molecule has 0 heterocycles. The van der Waals surface area contributed by atoms with E-state index in [1.54, 1.807) is 0 Å². The number of phosphoric acid groups is 1. The quantitative estimate of drug-likeness (QED) is 0.230. The normalized spacial score (nSPS) is 20.2. The van der Waals surface area contributed by atoms with Gasteiger partial charge in [0.25, 0.3) is 0 Å². The number of hydrogen-bond acceptors (Lipinski definition) is 7. The molecule has 0 aliphatic carbocycles. The highest BCUT2D eigenvalue weighted by Gasteiger charge is 2.37. The summed E-state index contributed by atoms with van der Waals surface area (Å²) in [4.78, 5) is 17.0. The largest absolute Gasteiger partial charge is 0.470 e. The lowest BCUT2D eigenvalue weighted by atomic mass is 10.0. The maximum atomic E-state index is 10.5. The summed E-state index contributed by atoms with van der Waals surface area (Å²) in [5, 5.41) is 44.5. The van der Waals surface area contributed by atoms with Crippen LogP contribution in [0.25, 0.3) is 0 Å². The summed E-state index contributed by atoms with van der Waals surface area (Å²) in [5.41, 5.74) is 0. The SMILES string of the molecule is O=P(O)(O)O[C@@H]([C@H](O)[C@H](O)CO)[C@@H](O)CO. The molecule has 0 aliphatic rings. The standard InChI is InChI=1S/C6H15O9P/c7-1-3(9)5(11)6(4(10)2-8)15-16(12,13)14/h3-11H,1-2H2,(H2,12,13,14)/t3-,4+,5-,6-/m1/s1. The summed E-state index contributed by atoms with van der Waals surface area (Å²) < 4.78 is 14.5. The zero-order valence-electron chi connectivity index (χ0n) is 8.12. The third-order valence-electron chi connectivity index (χ3n) is 1.74. The van der Waals surface area contributed by atoms with Gasteiger partial charge in [-0.2, -0.15) is 0 Å². The van der Waals surface area contributed by atoms with Gasteiger partial charge in [0.05, 0.1) is 13.2 Å². The van der Waals surface area contributed by atoms with E-state index in [0.29, 0.717) is 0 Å². The van der Waals surface area contributed by atoms with Crippen molar-refractivity contribution in [2.45, 2.75) is 24.4 Å². The van der Waals surface area contributed by atoms with Crippen LogP contribution in [0.5, 0.6) is 0 Å². The fourth-order valence-corrected chi connectivity index (χ4v) is 1.53. The Bertz CT molecular complexity index is 240. The lowest BCUT2D eigenvalue weighted by Gasteiger charge is -2.28. The molecule has 0 amide bonds. The Balaban J connectivity index is 4.73. The lowest BCUT2D eigenvalue weighted by molar-refractivity contribution is -0.119. The molecule has 0 fully saturated rings. The first-order valence-corrected chi connectivity index (χ1v) is 5.75. The molecule has 0 aromatic rings. The molecule has 7 N–H and O–H groups in total. The third-order valence-corrected chi connectivity index (χ3v) is 2.26. The Morgan fingerprint density at radius 2 is 1.44 bits per heavy atom. The van der Waals surface area contributed by atoms with Gasteiger partial charge in [-0.3, -0.25) is 4.52 Å². The Morgan fingerprint density at radius 3 is 1.75 bits per heavy atom. The molecule has 10 heteroatoms. The predicted octanol–water partition coefficient (Wildman–Crippen LogP) is -3.47. The molecular weight excluding hydrogens is 247 g/mol. The van der Waals surface area contributed by atoms with Crippen LogP contribution in [0.3, 0.4) is 0 Å². The van der Waals surface area contributed by atoms with E-state index in [1.807, 2.05) is 0 Å². The molecule has 0 saturated heterocycles. The van der Waals surface area contributed by atoms with Gasteiger partial charge in [0.1, 0.15) is 24.4 Å². The number of hydrogen-bond donors (Lipinski definition) is 7. The van der Waals surface area contributed by atoms with Gasteiger partial charge in [0.15, 0.2) is 0 Å². The van der Waals surface area contributed by atoms with Gasteiger partial charge in [0, 0.05) is 0 Å². The second-order valence-electron chi connectivity index (χ2n) is 3.05. The number of aliphatic hydroxyl groups excluding tert-OH is 5. The maximum Gasteiger partial charge on any atom is 0.470 e. The van der Waals surface area contributed by atoms with E-state index in [2.05, 4.69) is 4.52 Å². The van der Waals surface area contributed by atoms with Gasteiger partial charge < -0.3 is 35.3 Å². The molecule has 9 nitrogen and oxygen atoms in total. The molecule has 0 saturated carbocycles. The Labute approximate surface area is 90.8 Å². The molecule has 98 valence electrons. The van der Waals surface area contributed by atoms with Crippen molar-refractivity contribution in [3.63, 3.8) is 0 Å². The monoisotopic (exact) mass is 262 g/mol. The lowest BCUT2D eigenvalue weighted by Crippen LogP contribution is -2.48. The molecule has 0 bridgehead atoms. The number of rotatable bonds is 7. The van der Waals surface area contributed by atoms with Crippen LogP contribution in [0.4, 0.5) is 0 Å². The van der Waals surface area contributed by atoms with E-state index in [4.69, 9.17) is 30.2 Å². The summed E-state index contributed by atoms with van der Waals surface area (Å²) in [6.45, 7) is -1.85. The molecule has 0 rings (SSSR count). The second kappa shape index (κ2) is 6.60. The van der Waals surface area contributed by atoms with Crippen LogP contribution in [0.2, 0.25) is 0 Å². The van der Waals surface area contributed by atoms with Gasteiger partial charge >= 0.3 is 7.82 Å². The Kier molecular flexibility index (Phi) is 6.56. The number of phosphoric ester groups is 1. The average Bonchev–Trinajstić information content (AvgIpc) is 2.21. The van der Waals surface area contributed by atoms with Crippen molar-refractivity contribution in [3.8, 4) is 0 Å². The molecule has 0 unspecified atom stereocenters. The van der Waals surface area contributed by atoms with Crippen molar-refractivity contribution in [2.75, 3.05) is 13.2 Å². The van der Waals surface area contributed by atoms with E-state index >= 15 is 0 Å². The van der Waals surface area contributed by atoms with Crippen LogP contribution < -0.4 is 0 Å². The van der Waals surface area contributed by atoms with E-state index < -0.39 is 45.5 Å². The molecule has 0 aromatic heterocycles. The molecule has 0 aliphatic heterocycles. The first-order chi connectivity index (χ1) is 7.22. The summed E-state index contributed by atoms with van der Waals surface area (Å²) in [6.07, 6.45) is -7.46. The van der Waals surface area contributed by atoms with E-state index in [0.717, 1.165) is 0 Å². The molecule has 0 aromatic carbocycles. The minimum Gasteiger partial charge on any atom is -0.394 e. The maximum absolute atomic E-state index is 10.5. The highest BCUT2D eigenvalue weighted by atomic mass is 31.2. The fraction of sp³-hybridized carbons (Fsp3) is 1.00. The molecule has 16 heavy (non-hydrogen) atoms. The smallest absolute Gasteiger partial charge is 0.394 e. The van der Waals surface area contributed by atoms with Gasteiger partial charge in [-0.15, -0.1) is 0 Å². The molecule has 4 atom stereocenters. The summed E-state index contributed by atoms with van der Waals surface area (Å²) >= 11 is 0. The van der Waals surface area contributed by atoms with Gasteiger partial charge in [0.2, 0.25) is 0 Å². The van der Waals surface area contributed by atoms with Gasteiger partial charge in [-0.05, 0) is 0 Å². The number of aliphatic hydroxyl groups is 5. The minimum atomic E-state index is -5.02. The van der Waals surface area contributed by atoms with Crippen LogP contribution in [0.15, 0.2) is 0 Å². The van der Waals surface area contributed by atoms with Crippen molar-refractivity contribution in [1.29, 1.82) is 0 Å². The average molecular weight is 262 g/mol. The molecule has 0 spiro atoms. The summed E-state index contributed by atoms with van der Waals surface area (Å²) in [6, 6.07) is 0. The third kappa shape index (κ3) is 5.30. The van der Waals surface area contributed by atoms with Crippen LogP contribution in [-0.2, 0) is 9.09 Å². The highest BCUT2D eigenvalue weighted by molar-refractivity contribution is 7.46. The minimum absolute atomic E-state index is 0.902. The predicted molar refractivity (Wildman–Crippen MR) is 49.1 cm³/mol. The second-order valence-corrected chi connectivity index (χ2v) is 4.24. The summed E-state index contributed by atoms with van der Waals surface area (Å²) in [7, 11) is -5.02. The van der Waals surface area contributed by atoms with Gasteiger partial charge in [-0.1, -0.05) is 0 Å². The van der Waals surface area contributed by atoms with E-state index in [1.165, 1.54) is 0 Å². The topological polar surface area (TPSA) is 168 Å². The van der Waals surface area contributed by atoms with Crippen molar-refractivity contribution in [2.24, 2.45) is 0 Å². The highest BCUT2D eigenvalue weighted by Crippen LogP contribution is 2.39. The van der Waals surface area contributed by atoms with Crippen LogP contribution >= 0.6 is 7.82 Å². The molecule has 0 radical (unpaired) electrons. The zero-order chi connectivity index (χ0) is 12.9. The van der Waals surface area contributed by atoms with Crippen LogP contribution in [0, 0.1) is 0 Å². The van der Waals surface area contributed by atoms with Crippen molar-refractivity contribution < 1.29 is 44.4 Å². The summed E-state index contributed by atoms with van der Waals surface area (Å²) in [5.74, 6) is 0. The van der Waals surface area contributed by atoms with E-state index in [9.17, 15) is 9.67 Å². The Morgan fingerprint density at radius 1 is 1.00 bits per heavy atom. The van der Waals surface area contributed by atoms with Crippen molar-refractivity contribution in [1.82, 2.24) is 0 Å². The van der Waals surface area contributed by atoms with Crippen molar-refractivity contribution >= 4 is 7.82 Å².